The number of methoxy groups -OCH3 is 1. The molecule has 1 atom stereocenters. The summed E-state index contributed by atoms with van der Waals surface area (Å²) in [5, 5.41) is 0.0393. The topological polar surface area (TPSA) is 22.1 Å². The van der Waals surface area contributed by atoms with Gasteiger partial charge in [-0.1, -0.05) is 30.3 Å². The Bertz CT molecular complexity index is 487. The minimum Gasteiger partial charge on any atom is -0.495 e. The molecule has 1 aromatic heterocycles. The first-order valence-corrected chi connectivity index (χ1v) is 6.40. The molecule has 0 N–H and O–H groups in total. The summed E-state index contributed by atoms with van der Waals surface area (Å²) in [6.45, 7) is 0. The summed E-state index contributed by atoms with van der Waals surface area (Å²) in [6, 6.07) is 12.1. The van der Waals surface area contributed by atoms with Crippen LogP contribution in [0.25, 0.3) is 0 Å². The minimum atomic E-state index is 0.0393. The van der Waals surface area contributed by atoms with E-state index in [4.69, 9.17) is 16.3 Å². The molecule has 94 valence electrons. The predicted octanol–water partition coefficient (Wildman–Crippen LogP) is 4.00. The van der Waals surface area contributed by atoms with Crippen LogP contribution in [0.5, 0.6) is 5.75 Å². The maximum Gasteiger partial charge on any atom is 0.137 e. The lowest BCUT2D eigenvalue weighted by Crippen LogP contribution is -1.95. The van der Waals surface area contributed by atoms with E-state index in [9.17, 15) is 0 Å². The second kappa shape index (κ2) is 6.41. The summed E-state index contributed by atoms with van der Waals surface area (Å²) in [6.07, 6.45) is 5.35. The Morgan fingerprint density at radius 3 is 2.72 bits per heavy atom. The van der Waals surface area contributed by atoms with Crippen molar-refractivity contribution in [3.63, 3.8) is 0 Å². The molecule has 0 saturated heterocycles. The van der Waals surface area contributed by atoms with Gasteiger partial charge in [-0.25, -0.2) is 0 Å². The SMILES string of the molecule is COc1cncc(CCC(Cl)c2ccccc2)c1. The number of pyridine rings is 1. The van der Waals surface area contributed by atoms with Gasteiger partial charge >= 0.3 is 0 Å². The molecule has 0 fully saturated rings. The van der Waals surface area contributed by atoms with E-state index in [1.54, 1.807) is 13.3 Å². The van der Waals surface area contributed by atoms with Crippen molar-refractivity contribution in [2.24, 2.45) is 0 Å². The Labute approximate surface area is 113 Å². The molecule has 3 heteroatoms. The van der Waals surface area contributed by atoms with Crippen LogP contribution in [0.3, 0.4) is 0 Å². The highest BCUT2D eigenvalue weighted by atomic mass is 35.5. The van der Waals surface area contributed by atoms with Crippen LogP contribution in [0.15, 0.2) is 48.8 Å². The number of hydrogen-bond acceptors (Lipinski definition) is 2. The third kappa shape index (κ3) is 3.47. The van der Waals surface area contributed by atoms with Gasteiger partial charge in [-0.15, -0.1) is 11.6 Å². The third-order valence-electron chi connectivity index (χ3n) is 2.85. The van der Waals surface area contributed by atoms with Gasteiger partial charge in [0.15, 0.2) is 0 Å². The average molecular weight is 262 g/mol. The predicted molar refractivity (Wildman–Crippen MR) is 74.1 cm³/mol. The van der Waals surface area contributed by atoms with E-state index in [1.807, 2.05) is 30.5 Å². The number of ether oxygens (including phenoxy) is 1. The van der Waals surface area contributed by atoms with Crippen molar-refractivity contribution in [3.8, 4) is 5.75 Å². The van der Waals surface area contributed by atoms with Crippen LogP contribution < -0.4 is 4.74 Å². The average Bonchev–Trinajstić information content (AvgIpc) is 2.46. The Balaban J connectivity index is 1.95. The summed E-state index contributed by atoms with van der Waals surface area (Å²) in [4.78, 5) is 4.14. The van der Waals surface area contributed by atoms with Crippen LogP contribution in [0.2, 0.25) is 0 Å². The van der Waals surface area contributed by atoms with Crippen LogP contribution in [0.4, 0.5) is 0 Å². The second-order valence-corrected chi connectivity index (χ2v) is 4.68. The number of aromatic nitrogens is 1. The number of aryl methyl sites for hydroxylation is 1. The number of halogens is 1. The van der Waals surface area contributed by atoms with E-state index in [2.05, 4.69) is 17.1 Å². The van der Waals surface area contributed by atoms with Gasteiger partial charge in [0, 0.05) is 6.20 Å². The molecular weight excluding hydrogens is 246 g/mol. The molecule has 0 radical (unpaired) electrons. The van der Waals surface area contributed by atoms with Crippen molar-refractivity contribution >= 4 is 11.6 Å². The van der Waals surface area contributed by atoms with Crippen molar-refractivity contribution in [2.45, 2.75) is 18.2 Å². The molecule has 0 spiro atoms. The third-order valence-corrected chi connectivity index (χ3v) is 3.32. The monoisotopic (exact) mass is 261 g/mol. The lowest BCUT2D eigenvalue weighted by Gasteiger charge is -2.10. The van der Waals surface area contributed by atoms with E-state index >= 15 is 0 Å². The molecule has 1 aromatic carbocycles. The fourth-order valence-electron chi connectivity index (χ4n) is 1.83. The van der Waals surface area contributed by atoms with Gasteiger partial charge in [-0.05, 0) is 30.0 Å². The van der Waals surface area contributed by atoms with Gasteiger partial charge in [0.2, 0.25) is 0 Å². The van der Waals surface area contributed by atoms with Crippen molar-refractivity contribution in [3.05, 3.63) is 59.9 Å². The summed E-state index contributed by atoms with van der Waals surface area (Å²) >= 11 is 6.38. The molecule has 18 heavy (non-hydrogen) atoms. The molecular formula is C15H16ClNO. The Morgan fingerprint density at radius 1 is 1.22 bits per heavy atom. The molecule has 2 nitrogen and oxygen atoms in total. The number of alkyl halides is 1. The summed E-state index contributed by atoms with van der Waals surface area (Å²) in [5.41, 5.74) is 2.31. The normalized spacial score (nSPS) is 12.1. The molecule has 0 saturated carbocycles. The largest absolute Gasteiger partial charge is 0.495 e. The van der Waals surface area contributed by atoms with E-state index in [-0.39, 0.29) is 5.38 Å². The smallest absolute Gasteiger partial charge is 0.137 e. The molecule has 0 bridgehead atoms. The van der Waals surface area contributed by atoms with Gasteiger partial charge in [-0.3, -0.25) is 4.98 Å². The van der Waals surface area contributed by atoms with Crippen LogP contribution in [-0.4, -0.2) is 12.1 Å². The van der Waals surface area contributed by atoms with E-state index in [1.165, 1.54) is 0 Å². The van der Waals surface area contributed by atoms with E-state index < -0.39 is 0 Å². The standard InChI is InChI=1S/C15H16ClNO/c1-18-14-9-12(10-17-11-14)7-8-15(16)13-5-3-2-4-6-13/h2-6,9-11,15H,7-8H2,1H3. The highest BCUT2D eigenvalue weighted by Gasteiger charge is 2.07. The van der Waals surface area contributed by atoms with Crippen LogP contribution in [-0.2, 0) is 6.42 Å². The second-order valence-electron chi connectivity index (χ2n) is 4.15. The maximum atomic E-state index is 6.38. The fourth-order valence-corrected chi connectivity index (χ4v) is 2.09. The van der Waals surface area contributed by atoms with Crippen LogP contribution >= 0.6 is 11.6 Å². The molecule has 0 aliphatic heterocycles. The van der Waals surface area contributed by atoms with Crippen LogP contribution in [0.1, 0.15) is 22.9 Å². The number of hydrogen-bond donors (Lipinski definition) is 0. The first kappa shape index (κ1) is 12.9. The van der Waals surface area contributed by atoms with Crippen LogP contribution in [0, 0.1) is 0 Å². The first-order chi connectivity index (χ1) is 8.79. The summed E-state index contributed by atoms with van der Waals surface area (Å²) in [5.74, 6) is 0.790. The lowest BCUT2D eigenvalue weighted by atomic mass is 10.0. The molecule has 0 amide bonds. The zero-order valence-electron chi connectivity index (χ0n) is 10.3. The van der Waals surface area contributed by atoms with Gasteiger partial charge in [0.1, 0.15) is 5.75 Å². The molecule has 1 heterocycles. The Kier molecular flexibility index (Phi) is 4.59. The van der Waals surface area contributed by atoms with E-state index in [0.717, 1.165) is 29.7 Å². The number of rotatable bonds is 5. The summed E-state index contributed by atoms with van der Waals surface area (Å²) < 4.78 is 5.15. The van der Waals surface area contributed by atoms with Crippen molar-refractivity contribution in [1.82, 2.24) is 4.98 Å². The Morgan fingerprint density at radius 2 is 2.00 bits per heavy atom. The maximum absolute atomic E-state index is 6.38. The molecule has 2 rings (SSSR count). The first-order valence-electron chi connectivity index (χ1n) is 5.96. The van der Waals surface area contributed by atoms with Gasteiger partial charge < -0.3 is 4.74 Å². The van der Waals surface area contributed by atoms with Gasteiger partial charge in [0.25, 0.3) is 0 Å². The van der Waals surface area contributed by atoms with Crippen molar-refractivity contribution in [2.75, 3.05) is 7.11 Å². The zero-order chi connectivity index (χ0) is 12.8. The highest BCUT2D eigenvalue weighted by Crippen LogP contribution is 2.25. The quantitative estimate of drug-likeness (QED) is 0.759. The van der Waals surface area contributed by atoms with E-state index in [0.29, 0.717) is 0 Å². The Hall–Kier alpha value is -1.54. The summed E-state index contributed by atoms with van der Waals surface area (Å²) in [7, 11) is 1.65. The van der Waals surface area contributed by atoms with Crippen molar-refractivity contribution < 1.29 is 4.74 Å². The number of nitrogens with zero attached hydrogens (tertiary/aromatic N) is 1. The van der Waals surface area contributed by atoms with Gasteiger partial charge in [-0.2, -0.15) is 0 Å². The van der Waals surface area contributed by atoms with Crippen molar-refractivity contribution in [1.29, 1.82) is 0 Å². The molecule has 0 aliphatic carbocycles. The zero-order valence-corrected chi connectivity index (χ0v) is 11.1. The molecule has 1 unspecified atom stereocenters. The highest BCUT2D eigenvalue weighted by molar-refractivity contribution is 6.20. The lowest BCUT2D eigenvalue weighted by molar-refractivity contribution is 0.412. The molecule has 2 aromatic rings. The fraction of sp³-hybridized carbons (Fsp3) is 0.267. The minimum absolute atomic E-state index is 0.0393. The molecule has 0 aliphatic rings. The number of benzene rings is 1. The van der Waals surface area contributed by atoms with Gasteiger partial charge in [0.05, 0.1) is 18.7 Å².